The molecule has 0 radical (unpaired) electrons. The maximum Gasteiger partial charge on any atom is 0.271 e. The molecule has 0 aliphatic heterocycles. The van der Waals surface area contributed by atoms with E-state index in [1.807, 2.05) is 38.1 Å². The van der Waals surface area contributed by atoms with E-state index in [0.717, 1.165) is 11.1 Å². The van der Waals surface area contributed by atoms with Gasteiger partial charge >= 0.3 is 0 Å². The molecule has 3 rings (SSSR count). The highest BCUT2D eigenvalue weighted by molar-refractivity contribution is 8.00. The number of thioether (sulfide) groups is 1. The molecular weight excluding hydrogens is 462 g/mol. The number of halogens is 1. The first-order valence-electron chi connectivity index (χ1n) is 10.4. The molecule has 0 saturated heterocycles. The molecule has 3 aromatic rings. The number of aryl methyl sites for hydroxylation is 1. The van der Waals surface area contributed by atoms with Gasteiger partial charge in [-0.2, -0.15) is 9.78 Å². The number of aromatic nitrogens is 2. The molecule has 0 saturated carbocycles. The van der Waals surface area contributed by atoms with Crippen LogP contribution in [0.4, 0.5) is 0 Å². The molecule has 0 fully saturated rings. The number of methoxy groups -OCH3 is 1. The Hall–Kier alpha value is -2.97. The molecule has 7 nitrogen and oxygen atoms in total. The van der Waals surface area contributed by atoms with Crippen molar-refractivity contribution in [2.45, 2.75) is 37.6 Å². The molecule has 1 heterocycles. The van der Waals surface area contributed by atoms with Crippen molar-refractivity contribution in [3.05, 3.63) is 75.0 Å². The summed E-state index contributed by atoms with van der Waals surface area (Å²) in [4.78, 5) is 25.0. The predicted molar refractivity (Wildman–Crippen MR) is 131 cm³/mol. The standard InChI is InChI=1S/C24H26ClN3O4S/c1-5-32-20-9-7-17(12-21(20)31-4)14-26-24(30)16(3)33-22-10-11-23(29)28(27-22)18-8-6-15(2)19(25)13-18/h6-13,16H,5,14H2,1-4H3,(H,26,30). The average Bonchev–Trinajstić information content (AvgIpc) is 2.81. The fourth-order valence-electron chi connectivity index (χ4n) is 3.02. The molecule has 174 valence electrons. The molecule has 0 spiro atoms. The molecule has 0 aliphatic carbocycles. The van der Waals surface area contributed by atoms with Gasteiger partial charge in [-0.3, -0.25) is 9.59 Å². The molecule has 1 aromatic heterocycles. The Bertz CT molecular complexity index is 1200. The largest absolute Gasteiger partial charge is 0.493 e. The van der Waals surface area contributed by atoms with Gasteiger partial charge in [-0.15, -0.1) is 0 Å². The van der Waals surface area contributed by atoms with Crippen LogP contribution in [0.1, 0.15) is 25.0 Å². The van der Waals surface area contributed by atoms with Crippen LogP contribution in [-0.4, -0.2) is 34.7 Å². The Balaban J connectivity index is 1.66. The van der Waals surface area contributed by atoms with E-state index in [9.17, 15) is 9.59 Å². The van der Waals surface area contributed by atoms with Gasteiger partial charge < -0.3 is 14.8 Å². The lowest BCUT2D eigenvalue weighted by Gasteiger charge is -2.14. The van der Waals surface area contributed by atoms with Crippen LogP contribution in [0.15, 0.2) is 58.4 Å². The zero-order chi connectivity index (χ0) is 24.0. The first kappa shape index (κ1) is 24.7. The summed E-state index contributed by atoms with van der Waals surface area (Å²) in [5, 5.41) is 8.01. The van der Waals surface area contributed by atoms with Crippen molar-refractivity contribution < 1.29 is 14.3 Å². The Morgan fingerprint density at radius 3 is 2.67 bits per heavy atom. The minimum atomic E-state index is -0.422. The third-order valence-electron chi connectivity index (χ3n) is 4.84. The predicted octanol–water partition coefficient (Wildman–Crippen LogP) is 4.40. The molecule has 1 N–H and O–H groups in total. The molecule has 1 atom stereocenters. The molecule has 0 aliphatic rings. The second kappa shape index (κ2) is 11.2. The second-order valence-corrected chi connectivity index (χ2v) is 9.02. The summed E-state index contributed by atoms with van der Waals surface area (Å²) in [6.07, 6.45) is 0. The number of hydrogen-bond donors (Lipinski definition) is 1. The second-order valence-electron chi connectivity index (χ2n) is 7.25. The van der Waals surface area contributed by atoms with Gasteiger partial charge in [-0.25, -0.2) is 0 Å². The molecule has 33 heavy (non-hydrogen) atoms. The van der Waals surface area contributed by atoms with E-state index in [1.54, 1.807) is 32.2 Å². The maximum atomic E-state index is 12.6. The van der Waals surface area contributed by atoms with Gasteiger partial charge in [-0.1, -0.05) is 35.5 Å². The minimum Gasteiger partial charge on any atom is -0.493 e. The average molecular weight is 488 g/mol. The lowest BCUT2D eigenvalue weighted by molar-refractivity contribution is -0.120. The first-order valence-corrected chi connectivity index (χ1v) is 11.7. The third-order valence-corrected chi connectivity index (χ3v) is 6.27. The highest BCUT2D eigenvalue weighted by atomic mass is 35.5. The molecular formula is C24H26ClN3O4S. The van der Waals surface area contributed by atoms with Gasteiger partial charge in [-0.05, 0) is 62.2 Å². The summed E-state index contributed by atoms with van der Waals surface area (Å²) < 4.78 is 12.2. The van der Waals surface area contributed by atoms with Crippen molar-refractivity contribution in [2.75, 3.05) is 13.7 Å². The number of hydrogen-bond acceptors (Lipinski definition) is 6. The van der Waals surface area contributed by atoms with Crippen LogP contribution in [0.3, 0.4) is 0 Å². The van der Waals surface area contributed by atoms with Gasteiger partial charge in [0.1, 0.15) is 5.03 Å². The van der Waals surface area contributed by atoms with Crippen LogP contribution in [0.5, 0.6) is 11.5 Å². The van der Waals surface area contributed by atoms with Gasteiger partial charge in [0.05, 0.1) is 24.7 Å². The molecule has 0 bridgehead atoms. The van der Waals surface area contributed by atoms with Crippen molar-refractivity contribution in [1.82, 2.24) is 15.1 Å². The molecule has 1 unspecified atom stereocenters. The summed E-state index contributed by atoms with van der Waals surface area (Å²) in [5.74, 6) is 1.13. The number of carbonyl (C=O) groups excluding carboxylic acids is 1. The molecule has 2 aromatic carbocycles. The Kier molecular flexibility index (Phi) is 8.41. The van der Waals surface area contributed by atoms with Crippen molar-refractivity contribution >= 4 is 29.3 Å². The van der Waals surface area contributed by atoms with Crippen molar-refractivity contribution in [3.8, 4) is 17.2 Å². The quantitative estimate of drug-likeness (QED) is 0.450. The van der Waals surface area contributed by atoms with E-state index in [1.165, 1.54) is 22.5 Å². The highest BCUT2D eigenvalue weighted by Gasteiger charge is 2.16. The number of benzene rings is 2. The summed E-state index contributed by atoms with van der Waals surface area (Å²) in [5.41, 5.74) is 2.10. The van der Waals surface area contributed by atoms with Crippen LogP contribution >= 0.6 is 23.4 Å². The lowest BCUT2D eigenvalue weighted by Crippen LogP contribution is -2.30. The van der Waals surface area contributed by atoms with Crippen molar-refractivity contribution in [3.63, 3.8) is 0 Å². The summed E-state index contributed by atoms with van der Waals surface area (Å²) in [6, 6.07) is 13.9. The van der Waals surface area contributed by atoms with E-state index in [4.69, 9.17) is 21.1 Å². The molecule has 1 amide bonds. The number of ether oxygens (including phenoxy) is 2. The van der Waals surface area contributed by atoms with Crippen LogP contribution in [0, 0.1) is 6.92 Å². The summed E-state index contributed by atoms with van der Waals surface area (Å²) in [7, 11) is 1.58. The number of amides is 1. The van der Waals surface area contributed by atoms with Crippen molar-refractivity contribution in [1.29, 1.82) is 0 Å². The topological polar surface area (TPSA) is 82.5 Å². The Labute approximate surface area is 202 Å². The van der Waals surface area contributed by atoms with Crippen LogP contribution in [0.2, 0.25) is 5.02 Å². The number of rotatable bonds is 9. The molecule has 9 heteroatoms. The third kappa shape index (κ3) is 6.30. The fourth-order valence-corrected chi connectivity index (χ4v) is 4.02. The SMILES string of the molecule is CCOc1ccc(CNC(=O)C(C)Sc2ccc(=O)n(-c3ccc(C)c(Cl)c3)n2)cc1OC. The Morgan fingerprint density at radius 2 is 1.97 bits per heavy atom. The normalized spacial score (nSPS) is 11.7. The minimum absolute atomic E-state index is 0.147. The number of nitrogens with one attached hydrogen (secondary N) is 1. The number of carbonyl (C=O) groups is 1. The zero-order valence-electron chi connectivity index (χ0n) is 18.9. The van der Waals surface area contributed by atoms with Gasteiger partial charge in [0, 0.05) is 17.6 Å². The van der Waals surface area contributed by atoms with E-state index < -0.39 is 5.25 Å². The van der Waals surface area contributed by atoms with Crippen LogP contribution in [0.25, 0.3) is 5.69 Å². The van der Waals surface area contributed by atoms with Crippen molar-refractivity contribution in [2.24, 2.45) is 0 Å². The maximum absolute atomic E-state index is 12.6. The van der Waals surface area contributed by atoms with E-state index in [2.05, 4.69) is 10.4 Å². The smallest absolute Gasteiger partial charge is 0.271 e. The summed E-state index contributed by atoms with van der Waals surface area (Å²) in [6.45, 7) is 6.47. The van der Waals surface area contributed by atoms with E-state index in [-0.39, 0.29) is 11.5 Å². The van der Waals surface area contributed by atoms with Crippen LogP contribution < -0.4 is 20.3 Å². The van der Waals surface area contributed by atoms with Gasteiger partial charge in [0.25, 0.3) is 5.56 Å². The highest BCUT2D eigenvalue weighted by Crippen LogP contribution is 2.28. The first-order chi connectivity index (χ1) is 15.8. The van der Waals surface area contributed by atoms with E-state index >= 15 is 0 Å². The van der Waals surface area contributed by atoms with E-state index in [0.29, 0.717) is 40.4 Å². The van der Waals surface area contributed by atoms with Gasteiger partial charge in [0.15, 0.2) is 11.5 Å². The summed E-state index contributed by atoms with van der Waals surface area (Å²) >= 11 is 7.46. The number of nitrogens with zero attached hydrogens (tertiary/aromatic N) is 2. The van der Waals surface area contributed by atoms with Gasteiger partial charge in [0.2, 0.25) is 5.91 Å². The zero-order valence-corrected chi connectivity index (χ0v) is 20.5. The Morgan fingerprint density at radius 1 is 1.18 bits per heavy atom. The monoisotopic (exact) mass is 487 g/mol. The lowest BCUT2D eigenvalue weighted by atomic mass is 10.2. The van der Waals surface area contributed by atoms with Crippen LogP contribution in [-0.2, 0) is 11.3 Å². The fraction of sp³-hybridized carbons (Fsp3) is 0.292.